The van der Waals surface area contributed by atoms with Crippen LogP contribution >= 0.6 is 0 Å². The monoisotopic (exact) mass is 434 g/mol. The number of carbonyl (C=O) groups is 2. The zero-order valence-corrected chi connectivity index (χ0v) is 17.5. The Balaban J connectivity index is 1.94. The van der Waals surface area contributed by atoms with E-state index in [0.717, 1.165) is 43.6 Å². The minimum Gasteiger partial charge on any atom is -0.418 e. The first-order valence-corrected chi connectivity index (χ1v) is 10.1. The molecule has 0 spiro atoms. The number of fused-ring (bicyclic) bond motifs is 1. The van der Waals surface area contributed by atoms with Crippen LogP contribution in [0.4, 0.5) is 13.2 Å². The van der Waals surface area contributed by atoms with E-state index in [1.54, 1.807) is 6.07 Å². The highest BCUT2D eigenvalue weighted by molar-refractivity contribution is 5.99. The number of benzene rings is 2. The summed E-state index contributed by atoms with van der Waals surface area (Å²) in [4.78, 5) is 25.6. The summed E-state index contributed by atoms with van der Waals surface area (Å²) >= 11 is 0. The van der Waals surface area contributed by atoms with Gasteiger partial charge in [0.05, 0.1) is 5.56 Å². The first kappa shape index (κ1) is 22.8. The summed E-state index contributed by atoms with van der Waals surface area (Å²) in [5.41, 5.74) is 8.02. The van der Waals surface area contributed by atoms with Crippen LogP contribution in [0.2, 0.25) is 0 Å². The average Bonchev–Trinajstić information content (AvgIpc) is 2.71. The molecule has 0 unspecified atom stereocenters. The second-order valence-corrected chi connectivity index (χ2v) is 8.13. The predicted octanol–water partition coefficient (Wildman–Crippen LogP) is 4.32. The Morgan fingerprint density at radius 3 is 2.55 bits per heavy atom. The van der Waals surface area contributed by atoms with Crippen molar-refractivity contribution in [1.29, 1.82) is 0 Å². The topological polar surface area (TPSA) is 72.6 Å². The van der Waals surface area contributed by atoms with Gasteiger partial charge in [0.15, 0.2) is 5.75 Å². The van der Waals surface area contributed by atoms with E-state index in [1.165, 1.54) is 18.2 Å². The molecule has 1 aliphatic rings. The van der Waals surface area contributed by atoms with Gasteiger partial charge in [-0.1, -0.05) is 44.2 Å². The van der Waals surface area contributed by atoms with Crippen molar-refractivity contribution in [2.45, 2.75) is 39.4 Å². The molecule has 0 saturated carbocycles. The van der Waals surface area contributed by atoms with Crippen LogP contribution in [-0.4, -0.2) is 36.0 Å². The van der Waals surface area contributed by atoms with Gasteiger partial charge in [0.25, 0.3) is 5.91 Å². The van der Waals surface area contributed by atoms with Crippen molar-refractivity contribution in [3.8, 4) is 16.9 Å². The summed E-state index contributed by atoms with van der Waals surface area (Å²) in [6.07, 6.45) is -3.28. The van der Waals surface area contributed by atoms with Crippen LogP contribution in [0.3, 0.4) is 0 Å². The van der Waals surface area contributed by atoms with Gasteiger partial charge in [-0.3, -0.25) is 9.69 Å². The molecule has 2 aromatic rings. The van der Waals surface area contributed by atoms with Crippen LogP contribution in [0.1, 0.15) is 41.8 Å². The smallest absolute Gasteiger partial charge is 0.418 e. The van der Waals surface area contributed by atoms with E-state index in [0.29, 0.717) is 11.5 Å². The summed E-state index contributed by atoms with van der Waals surface area (Å²) in [5.74, 6) is -3.24. The van der Waals surface area contributed by atoms with Crippen molar-refractivity contribution < 1.29 is 27.5 Å². The largest absolute Gasteiger partial charge is 0.491 e. The average molecular weight is 434 g/mol. The fourth-order valence-electron chi connectivity index (χ4n) is 3.63. The minimum absolute atomic E-state index is 0.207. The number of alkyl halides is 3. The van der Waals surface area contributed by atoms with Gasteiger partial charge in [0.1, 0.15) is 0 Å². The molecule has 0 bridgehead atoms. The third-order valence-corrected chi connectivity index (χ3v) is 5.34. The Bertz CT molecular complexity index is 987. The Labute approximate surface area is 179 Å². The number of nitrogens with zero attached hydrogens (tertiary/aromatic N) is 1. The molecule has 3 rings (SSSR count). The second-order valence-electron chi connectivity index (χ2n) is 8.13. The Kier molecular flexibility index (Phi) is 6.69. The van der Waals surface area contributed by atoms with Crippen LogP contribution in [-0.2, 0) is 17.8 Å². The molecule has 1 heterocycles. The summed E-state index contributed by atoms with van der Waals surface area (Å²) in [7, 11) is 0. The molecule has 2 aromatic carbocycles. The second kappa shape index (κ2) is 9.09. The third kappa shape index (κ3) is 5.44. The van der Waals surface area contributed by atoms with E-state index in [2.05, 4.69) is 23.5 Å². The van der Waals surface area contributed by atoms with Crippen molar-refractivity contribution in [2.24, 2.45) is 11.7 Å². The van der Waals surface area contributed by atoms with Crippen LogP contribution in [0.25, 0.3) is 11.1 Å². The van der Waals surface area contributed by atoms with Crippen molar-refractivity contribution in [3.05, 3.63) is 53.1 Å². The SMILES string of the molecule is CC(C)CCN1CCc2cc(-c3cccc(C(N)=O)c3OC(=O)C(F)(F)F)ccc2C1. The van der Waals surface area contributed by atoms with Crippen molar-refractivity contribution in [3.63, 3.8) is 0 Å². The number of carbonyl (C=O) groups excluding carboxylic acids is 2. The van der Waals surface area contributed by atoms with Gasteiger partial charge >= 0.3 is 12.1 Å². The lowest BCUT2D eigenvalue weighted by molar-refractivity contribution is -0.189. The Morgan fingerprint density at radius 1 is 1.16 bits per heavy atom. The predicted molar refractivity (Wildman–Crippen MR) is 111 cm³/mol. The van der Waals surface area contributed by atoms with Crippen LogP contribution in [0, 0.1) is 5.92 Å². The number of esters is 1. The number of para-hydroxylation sites is 1. The number of rotatable bonds is 6. The molecule has 166 valence electrons. The number of ether oxygens (including phenoxy) is 1. The molecule has 1 aliphatic heterocycles. The van der Waals surface area contributed by atoms with E-state index in [4.69, 9.17) is 5.73 Å². The van der Waals surface area contributed by atoms with Crippen LogP contribution < -0.4 is 10.5 Å². The molecule has 1 amide bonds. The molecule has 31 heavy (non-hydrogen) atoms. The minimum atomic E-state index is -5.20. The fraction of sp³-hybridized carbons (Fsp3) is 0.391. The van der Waals surface area contributed by atoms with Gasteiger partial charge < -0.3 is 10.5 Å². The summed E-state index contributed by atoms with van der Waals surface area (Å²) < 4.78 is 42.9. The zero-order valence-electron chi connectivity index (χ0n) is 17.5. The molecule has 0 radical (unpaired) electrons. The lowest BCUT2D eigenvalue weighted by Crippen LogP contribution is -2.32. The molecule has 0 saturated heterocycles. The molecule has 0 aliphatic carbocycles. The molecule has 5 nitrogen and oxygen atoms in total. The number of hydrogen-bond acceptors (Lipinski definition) is 4. The Morgan fingerprint density at radius 2 is 1.90 bits per heavy atom. The lowest BCUT2D eigenvalue weighted by atomic mass is 9.93. The van der Waals surface area contributed by atoms with E-state index in [1.807, 2.05) is 12.1 Å². The fourth-order valence-corrected chi connectivity index (χ4v) is 3.63. The van der Waals surface area contributed by atoms with E-state index in [-0.39, 0.29) is 11.1 Å². The third-order valence-electron chi connectivity index (χ3n) is 5.34. The molecular weight excluding hydrogens is 409 g/mol. The van der Waals surface area contributed by atoms with Gasteiger partial charge in [-0.15, -0.1) is 0 Å². The van der Waals surface area contributed by atoms with Crippen molar-refractivity contribution >= 4 is 11.9 Å². The number of halogens is 3. The molecule has 0 atom stereocenters. The maximum Gasteiger partial charge on any atom is 0.491 e. The molecule has 0 fully saturated rings. The maximum absolute atomic E-state index is 12.8. The molecule has 0 aromatic heterocycles. The summed E-state index contributed by atoms with van der Waals surface area (Å²) in [5, 5.41) is 0. The quantitative estimate of drug-likeness (QED) is 0.543. The standard InChI is InChI=1S/C23H25F3N2O3/c1-14(2)8-10-28-11-9-15-12-16(6-7-17(15)13-28)18-4-3-5-19(21(27)29)20(18)31-22(30)23(24,25)26/h3-7,12,14H,8-11,13H2,1-2H3,(H2,27,29). The number of primary amides is 1. The summed E-state index contributed by atoms with van der Waals surface area (Å²) in [6.45, 7) is 7.08. The number of hydrogen-bond donors (Lipinski definition) is 1. The van der Waals surface area contributed by atoms with Crippen LogP contribution in [0.15, 0.2) is 36.4 Å². The normalized spacial score (nSPS) is 14.4. The van der Waals surface area contributed by atoms with Crippen LogP contribution in [0.5, 0.6) is 5.75 Å². The van der Waals surface area contributed by atoms with Gasteiger partial charge in [-0.25, -0.2) is 4.79 Å². The summed E-state index contributed by atoms with van der Waals surface area (Å²) in [6, 6.07) is 9.79. The number of amides is 1. The maximum atomic E-state index is 12.8. The molecular formula is C23H25F3N2O3. The zero-order chi connectivity index (χ0) is 22.8. The van der Waals surface area contributed by atoms with Crippen molar-refractivity contribution in [2.75, 3.05) is 13.1 Å². The Hall–Kier alpha value is -2.87. The highest BCUT2D eigenvalue weighted by Gasteiger charge is 2.42. The van der Waals surface area contributed by atoms with E-state index < -0.39 is 23.8 Å². The highest BCUT2D eigenvalue weighted by atomic mass is 19.4. The van der Waals surface area contributed by atoms with Crippen molar-refractivity contribution in [1.82, 2.24) is 4.90 Å². The highest BCUT2D eigenvalue weighted by Crippen LogP contribution is 2.36. The van der Waals surface area contributed by atoms with E-state index >= 15 is 0 Å². The van der Waals surface area contributed by atoms with Gasteiger partial charge in [-0.05, 0) is 48.1 Å². The lowest BCUT2D eigenvalue weighted by Gasteiger charge is -2.29. The van der Waals surface area contributed by atoms with Gasteiger partial charge in [0.2, 0.25) is 0 Å². The first-order valence-electron chi connectivity index (χ1n) is 10.1. The van der Waals surface area contributed by atoms with E-state index in [9.17, 15) is 22.8 Å². The van der Waals surface area contributed by atoms with Gasteiger partial charge in [0, 0.05) is 18.7 Å². The first-order chi connectivity index (χ1) is 14.6. The molecule has 8 heteroatoms. The number of nitrogens with two attached hydrogens (primary N) is 1. The van der Waals surface area contributed by atoms with Gasteiger partial charge in [-0.2, -0.15) is 13.2 Å². The molecule has 2 N–H and O–H groups in total.